The number of hydrogen-bond acceptors (Lipinski definition) is 3. The van der Waals surface area contributed by atoms with Crippen LogP contribution < -0.4 is 11.6 Å². The van der Waals surface area contributed by atoms with Gasteiger partial charge in [0.1, 0.15) is 5.69 Å². The lowest BCUT2D eigenvalue weighted by Gasteiger charge is -2.03. The Labute approximate surface area is 135 Å². The Hall–Kier alpha value is -1.98. The third-order valence-electron chi connectivity index (χ3n) is 3.16. The Balaban J connectivity index is 2.20. The second kappa shape index (κ2) is 5.42. The van der Waals surface area contributed by atoms with Crippen molar-refractivity contribution in [1.29, 1.82) is 0 Å². The predicted octanol–water partition coefficient (Wildman–Crippen LogP) is 3.93. The van der Waals surface area contributed by atoms with E-state index in [-0.39, 0.29) is 0 Å². The van der Waals surface area contributed by atoms with Gasteiger partial charge in [-0.25, -0.2) is 9.66 Å². The molecule has 3 aromatic rings. The van der Waals surface area contributed by atoms with Gasteiger partial charge in [0.05, 0.1) is 5.02 Å². The molecule has 3 rings (SSSR count). The van der Waals surface area contributed by atoms with Crippen LogP contribution in [0.25, 0.3) is 22.6 Å². The highest BCUT2D eigenvalue weighted by molar-refractivity contribution is 9.10. The standard InChI is InChI=1S/C15H12BrClN4/c16-10-6-7-12(17)11(8-10)13-14(18)21(19)15(20-13)9-4-2-1-3-5-9/h1-8H,18-19H2. The zero-order valence-electron chi connectivity index (χ0n) is 10.9. The minimum Gasteiger partial charge on any atom is -0.382 e. The molecule has 0 unspecified atom stereocenters. The molecule has 4 N–H and O–H groups in total. The SMILES string of the molecule is Nc1c(-c2cc(Br)ccc2Cl)nc(-c2ccccc2)n1N. The lowest BCUT2D eigenvalue weighted by Crippen LogP contribution is -2.13. The number of rotatable bonds is 2. The fourth-order valence-corrected chi connectivity index (χ4v) is 2.68. The van der Waals surface area contributed by atoms with Crippen LogP contribution >= 0.6 is 27.5 Å². The minimum absolute atomic E-state index is 0.369. The van der Waals surface area contributed by atoms with Crippen LogP contribution in [0.2, 0.25) is 5.02 Å². The molecule has 0 aliphatic heterocycles. The van der Waals surface area contributed by atoms with Crippen LogP contribution in [0.5, 0.6) is 0 Å². The second-order valence-corrected chi connectivity index (χ2v) is 5.85. The Kier molecular flexibility index (Phi) is 3.61. The summed E-state index contributed by atoms with van der Waals surface area (Å²) in [6.45, 7) is 0. The zero-order chi connectivity index (χ0) is 15.0. The van der Waals surface area contributed by atoms with Gasteiger partial charge in [-0.15, -0.1) is 0 Å². The van der Waals surface area contributed by atoms with Crippen molar-refractivity contribution in [2.75, 3.05) is 11.6 Å². The summed E-state index contributed by atoms with van der Waals surface area (Å²) in [5.74, 6) is 7.00. The van der Waals surface area contributed by atoms with Gasteiger partial charge in [-0.3, -0.25) is 0 Å². The number of nitrogens with zero attached hydrogens (tertiary/aromatic N) is 2. The molecule has 0 atom stereocenters. The number of halogens is 2. The summed E-state index contributed by atoms with van der Waals surface area (Å²) in [6.07, 6.45) is 0. The second-order valence-electron chi connectivity index (χ2n) is 4.53. The summed E-state index contributed by atoms with van der Waals surface area (Å²) >= 11 is 9.67. The number of nitrogens with two attached hydrogens (primary N) is 2. The van der Waals surface area contributed by atoms with E-state index in [2.05, 4.69) is 20.9 Å². The number of nitrogen functional groups attached to an aromatic ring is 2. The highest BCUT2D eigenvalue weighted by atomic mass is 79.9. The third-order valence-corrected chi connectivity index (χ3v) is 3.99. The lowest BCUT2D eigenvalue weighted by molar-refractivity contribution is 1.02. The van der Waals surface area contributed by atoms with Gasteiger partial charge in [0, 0.05) is 15.6 Å². The topological polar surface area (TPSA) is 69.9 Å². The zero-order valence-corrected chi connectivity index (χ0v) is 13.3. The Bertz CT molecular complexity index is 799. The Morgan fingerprint density at radius 1 is 1.10 bits per heavy atom. The number of benzene rings is 2. The average molecular weight is 364 g/mol. The van der Waals surface area contributed by atoms with E-state index in [1.54, 1.807) is 6.07 Å². The van der Waals surface area contributed by atoms with Gasteiger partial charge in [-0.05, 0) is 18.2 Å². The molecule has 0 saturated heterocycles. The molecule has 0 saturated carbocycles. The first kappa shape index (κ1) is 14.0. The summed E-state index contributed by atoms with van der Waals surface area (Å²) in [5.41, 5.74) is 8.30. The van der Waals surface area contributed by atoms with Gasteiger partial charge in [0.15, 0.2) is 11.6 Å². The van der Waals surface area contributed by atoms with Crippen LogP contribution in [0.1, 0.15) is 0 Å². The maximum atomic E-state index is 6.24. The van der Waals surface area contributed by atoms with Crippen LogP contribution in [0, 0.1) is 0 Å². The van der Waals surface area contributed by atoms with Crippen molar-refractivity contribution in [2.45, 2.75) is 0 Å². The molecule has 2 aromatic carbocycles. The smallest absolute Gasteiger partial charge is 0.160 e. The van der Waals surface area contributed by atoms with Gasteiger partial charge >= 0.3 is 0 Å². The fraction of sp³-hybridized carbons (Fsp3) is 0. The Morgan fingerprint density at radius 3 is 2.52 bits per heavy atom. The number of aromatic nitrogens is 2. The van der Waals surface area contributed by atoms with Crippen molar-refractivity contribution >= 4 is 33.3 Å². The largest absolute Gasteiger partial charge is 0.382 e. The molecule has 0 radical (unpaired) electrons. The molecule has 106 valence electrons. The summed E-state index contributed by atoms with van der Waals surface area (Å²) in [4.78, 5) is 4.56. The van der Waals surface area contributed by atoms with Gasteiger partial charge < -0.3 is 11.6 Å². The highest BCUT2D eigenvalue weighted by Crippen LogP contribution is 2.35. The van der Waals surface area contributed by atoms with Crippen molar-refractivity contribution in [1.82, 2.24) is 9.66 Å². The summed E-state index contributed by atoms with van der Waals surface area (Å²) in [5, 5.41) is 0.572. The number of hydrogen-bond donors (Lipinski definition) is 2. The van der Waals surface area contributed by atoms with Gasteiger partial charge in [0.25, 0.3) is 0 Å². The van der Waals surface area contributed by atoms with Crippen LogP contribution in [0.3, 0.4) is 0 Å². The molecule has 21 heavy (non-hydrogen) atoms. The molecular weight excluding hydrogens is 352 g/mol. The Morgan fingerprint density at radius 2 is 1.81 bits per heavy atom. The van der Waals surface area contributed by atoms with E-state index in [4.69, 9.17) is 23.2 Å². The van der Waals surface area contributed by atoms with Crippen molar-refractivity contribution < 1.29 is 0 Å². The minimum atomic E-state index is 0.369. The third kappa shape index (κ3) is 2.50. The number of imidazole rings is 1. The molecule has 0 spiro atoms. The molecule has 6 heteroatoms. The van der Waals surface area contributed by atoms with Crippen LogP contribution in [0.15, 0.2) is 53.0 Å². The summed E-state index contributed by atoms with van der Waals surface area (Å²) < 4.78 is 2.27. The van der Waals surface area contributed by atoms with Crippen LogP contribution in [-0.2, 0) is 0 Å². The van der Waals surface area contributed by atoms with Crippen LogP contribution in [0.4, 0.5) is 5.82 Å². The van der Waals surface area contributed by atoms with E-state index in [1.165, 1.54) is 4.68 Å². The molecule has 0 amide bonds. The van der Waals surface area contributed by atoms with E-state index in [0.717, 1.165) is 15.6 Å². The van der Waals surface area contributed by atoms with Crippen molar-refractivity contribution in [3.05, 3.63) is 58.0 Å². The molecule has 1 heterocycles. The maximum Gasteiger partial charge on any atom is 0.160 e. The molecule has 0 aliphatic carbocycles. The van der Waals surface area contributed by atoms with E-state index < -0.39 is 0 Å². The molecule has 1 aromatic heterocycles. The van der Waals surface area contributed by atoms with Crippen molar-refractivity contribution in [2.24, 2.45) is 0 Å². The first-order valence-corrected chi connectivity index (χ1v) is 7.39. The lowest BCUT2D eigenvalue weighted by atomic mass is 10.1. The van der Waals surface area contributed by atoms with Gasteiger partial charge in [0.2, 0.25) is 0 Å². The average Bonchev–Trinajstić information content (AvgIpc) is 2.79. The first-order valence-electron chi connectivity index (χ1n) is 6.22. The molecule has 0 fully saturated rings. The molecule has 0 aliphatic rings. The van der Waals surface area contributed by atoms with E-state index in [9.17, 15) is 0 Å². The van der Waals surface area contributed by atoms with Crippen molar-refractivity contribution in [3.63, 3.8) is 0 Å². The number of anilines is 1. The molecule has 0 bridgehead atoms. The van der Waals surface area contributed by atoms with E-state index >= 15 is 0 Å². The van der Waals surface area contributed by atoms with E-state index in [1.807, 2.05) is 42.5 Å². The monoisotopic (exact) mass is 362 g/mol. The van der Waals surface area contributed by atoms with Crippen molar-refractivity contribution in [3.8, 4) is 22.6 Å². The highest BCUT2D eigenvalue weighted by Gasteiger charge is 2.18. The normalized spacial score (nSPS) is 10.8. The predicted molar refractivity (Wildman–Crippen MR) is 90.4 cm³/mol. The van der Waals surface area contributed by atoms with Gasteiger partial charge in [-0.1, -0.05) is 57.9 Å². The summed E-state index contributed by atoms with van der Waals surface area (Å²) in [6, 6.07) is 15.2. The fourth-order valence-electron chi connectivity index (χ4n) is 2.11. The first-order chi connectivity index (χ1) is 10.1. The summed E-state index contributed by atoms with van der Waals surface area (Å²) in [7, 11) is 0. The van der Waals surface area contributed by atoms with Gasteiger partial charge in [-0.2, -0.15) is 0 Å². The van der Waals surface area contributed by atoms with E-state index in [0.29, 0.717) is 22.4 Å². The maximum absolute atomic E-state index is 6.24. The molecule has 4 nitrogen and oxygen atoms in total. The van der Waals surface area contributed by atoms with Crippen LogP contribution in [-0.4, -0.2) is 9.66 Å². The quantitative estimate of drug-likeness (QED) is 0.678. The molecular formula is C15H12BrClN4.